The maximum atomic E-state index is 11.9. The van der Waals surface area contributed by atoms with Crippen LogP contribution in [0.4, 0.5) is 13.2 Å². The number of halogens is 3. The van der Waals surface area contributed by atoms with Crippen LogP contribution in [-0.2, 0) is 6.18 Å². The Labute approximate surface area is 66.6 Å². The van der Waals surface area contributed by atoms with Crippen molar-refractivity contribution in [2.45, 2.75) is 6.18 Å². The molecule has 0 bridgehead atoms. The molecule has 2 nitrogen and oxygen atoms in total. The molecule has 0 saturated heterocycles. The van der Waals surface area contributed by atoms with E-state index in [1.165, 1.54) is 6.07 Å². The molecule has 0 spiro atoms. The third kappa shape index (κ3) is 1.81. The minimum Gasteiger partial charge on any atom is -0.308 e. The van der Waals surface area contributed by atoms with Gasteiger partial charge in [0.15, 0.2) is 0 Å². The summed E-state index contributed by atoms with van der Waals surface area (Å²) >= 11 is 0. The molecule has 1 N–H and O–H groups in total. The number of nitrogens with one attached hydrogen (secondary N) is 1. The van der Waals surface area contributed by atoms with Crippen LogP contribution in [-0.4, -0.2) is 11.2 Å². The zero-order chi connectivity index (χ0) is 9.19. The Bertz CT molecular complexity index is 276. The molecular weight excluding hydrogens is 169 g/mol. The van der Waals surface area contributed by atoms with Crippen LogP contribution in [0.15, 0.2) is 18.3 Å². The normalized spacial score (nSPS) is 11.2. The van der Waals surface area contributed by atoms with Gasteiger partial charge in [-0.3, -0.25) is 4.98 Å². The van der Waals surface area contributed by atoms with E-state index >= 15 is 0 Å². The van der Waals surface area contributed by atoms with Crippen molar-refractivity contribution in [3.8, 4) is 0 Å². The molecule has 0 aliphatic heterocycles. The third-order valence-electron chi connectivity index (χ3n) is 1.24. The molecule has 1 aromatic heterocycles. The average molecular weight is 174 g/mol. The molecule has 1 aromatic rings. The topological polar surface area (TPSA) is 36.7 Å². The first-order valence-corrected chi connectivity index (χ1v) is 3.08. The first-order chi connectivity index (χ1) is 5.54. The maximum Gasteiger partial charge on any atom is 0.433 e. The van der Waals surface area contributed by atoms with E-state index in [4.69, 9.17) is 5.41 Å². The van der Waals surface area contributed by atoms with E-state index in [9.17, 15) is 13.2 Å². The van der Waals surface area contributed by atoms with E-state index < -0.39 is 11.9 Å². The molecular formula is C7H5F3N2. The standard InChI is InChI=1S/C7H5F3N2/c8-7(9,10)6-2-1-5(3-11)4-12-6/h1-4,11H. The van der Waals surface area contributed by atoms with Gasteiger partial charge in [0.2, 0.25) is 0 Å². The van der Waals surface area contributed by atoms with Gasteiger partial charge in [-0.05, 0) is 12.1 Å². The predicted octanol–water partition coefficient (Wildman–Crippen LogP) is 2.10. The number of hydrogen-bond donors (Lipinski definition) is 1. The van der Waals surface area contributed by atoms with Gasteiger partial charge < -0.3 is 5.41 Å². The number of hydrogen-bond acceptors (Lipinski definition) is 2. The fourth-order valence-corrected chi connectivity index (χ4v) is 0.658. The van der Waals surface area contributed by atoms with Gasteiger partial charge in [-0.2, -0.15) is 13.2 Å². The largest absolute Gasteiger partial charge is 0.433 e. The fraction of sp³-hybridized carbons (Fsp3) is 0.143. The Kier molecular flexibility index (Phi) is 2.12. The molecule has 0 atom stereocenters. The molecule has 1 rings (SSSR count). The van der Waals surface area contributed by atoms with Gasteiger partial charge in [0, 0.05) is 18.0 Å². The SMILES string of the molecule is N=Cc1ccc(C(F)(F)F)nc1. The van der Waals surface area contributed by atoms with E-state index in [1.807, 2.05) is 0 Å². The van der Waals surface area contributed by atoms with Gasteiger partial charge in [0.1, 0.15) is 5.69 Å². The Balaban J connectivity index is 3.00. The first-order valence-electron chi connectivity index (χ1n) is 3.08. The average Bonchev–Trinajstić information content (AvgIpc) is 2.03. The van der Waals surface area contributed by atoms with Crippen LogP contribution in [0.1, 0.15) is 11.3 Å². The van der Waals surface area contributed by atoms with Crippen molar-refractivity contribution in [2.75, 3.05) is 0 Å². The zero-order valence-electron chi connectivity index (χ0n) is 5.89. The minimum absolute atomic E-state index is 0.350. The highest BCUT2D eigenvalue weighted by atomic mass is 19.4. The van der Waals surface area contributed by atoms with Crippen LogP contribution in [0.2, 0.25) is 0 Å². The first kappa shape index (κ1) is 8.70. The quantitative estimate of drug-likeness (QED) is 0.650. The van der Waals surface area contributed by atoms with Crippen molar-refractivity contribution < 1.29 is 13.2 Å². The van der Waals surface area contributed by atoms with Gasteiger partial charge in [-0.25, -0.2) is 0 Å². The second kappa shape index (κ2) is 2.92. The van der Waals surface area contributed by atoms with Crippen molar-refractivity contribution in [1.29, 1.82) is 5.41 Å². The van der Waals surface area contributed by atoms with Gasteiger partial charge >= 0.3 is 6.18 Å². The Morgan fingerprint density at radius 2 is 2.00 bits per heavy atom. The molecule has 0 amide bonds. The summed E-state index contributed by atoms with van der Waals surface area (Å²) in [7, 11) is 0. The number of pyridine rings is 1. The van der Waals surface area contributed by atoms with Gasteiger partial charge in [-0.1, -0.05) is 0 Å². The molecule has 0 aliphatic carbocycles. The molecule has 0 saturated carbocycles. The van der Waals surface area contributed by atoms with E-state index in [2.05, 4.69) is 4.98 Å². The van der Waals surface area contributed by atoms with Gasteiger partial charge in [-0.15, -0.1) is 0 Å². The lowest BCUT2D eigenvalue weighted by Crippen LogP contribution is -2.07. The van der Waals surface area contributed by atoms with Crippen molar-refractivity contribution >= 4 is 6.21 Å². The summed E-state index contributed by atoms with van der Waals surface area (Å²) in [4.78, 5) is 3.14. The summed E-state index contributed by atoms with van der Waals surface area (Å²) in [5.74, 6) is 0. The van der Waals surface area contributed by atoms with E-state index in [0.29, 0.717) is 5.56 Å². The second-order valence-corrected chi connectivity index (χ2v) is 2.12. The molecule has 0 radical (unpaired) electrons. The zero-order valence-corrected chi connectivity index (χ0v) is 5.89. The summed E-state index contributed by atoms with van der Waals surface area (Å²) < 4.78 is 35.7. The Morgan fingerprint density at radius 1 is 1.33 bits per heavy atom. The summed E-state index contributed by atoms with van der Waals surface area (Å²) in [5.41, 5.74) is -0.587. The van der Waals surface area contributed by atoms with Gasteiger partial charge in [0.25, 0.3) is 0 Å². The highest BCUT2D eigenvalue weighted by Gasteiger charge is 2.31. The summed E-state index contributed by atoms with van der Waals surface area (Å²) in [6.07, 6.45) is -2.45. The fourth-order valence-electron chi connectivity index (χ4n) is 0.658. The lowest BCUT2D eigenvalue weighted by molar-refractivity contribution is -0.141. The van der Waals surface area contributed by atoms with Crippen molar-refractivity contribution in [2.24, 2.45) is 0 Å². The smallest absolute Gasteiger partial charge is 0.308 e. The molecule has 5 heteroatoms. The summed E-state index contributed by atoms with van der Waals surface area (Å²) in [6, 6.07) is 2.04. The van der Waals surface area contributed by atoms with Crippen LogP contribution >= 0.6 is 0 Å². The molecule has 0 unspecified atom stereocenters. The second-order valence-electron chi connectivity index (χ2n) is 2.12. The van der Waals surface area contributed by atoms with Crippen molar-refractivity contribution in [3.05, 3.63) is 29.6 Å². The van der Waals surface area contributed by atoms with Crippen LogP contribution in [0.5, 0.6) is 0 Å². The number of rotatable bonds is 1. The summed E-state index contributed by atoms with van der Waals surface area (Å²) in [6.45, 7) is 0. The number of alkyl halides is 3. The van der Waals surface area contributed by atoms with E-state index in [-0.39, 0.29) is 0 Å². The minimum atomic E-state index is -4.40. The van der Waals surface area contributed by atoms with Crippen LogP contribution < -0.4 is 0 Å². The molecule has 0 aliphatic rings. The lowest BCUT2D eigenvalue weighted by Gasteiger charge is -2.03. The van der Waals surface area contributed by atoms with Crippen LogP contribution in [0.3, 0.4) is 0 Å². The highest BCUT2D eigenvalue weighted by molar-refractivity contribution is 5.76. The molecule has 1 heterocycles. The van der Waals surface area contributed by atoms with Gasteiger partial charge in [0.05, 0.1) is 0 Å². The van der Waals surface area contributed by atoms with Crippen LogP contribution in [0.25, 0.3) is 0 Å². The molecule has 0 aromatic carbocycles. The summed E-state index contributed by atoms with van der Waals surface area (Å²) in [5, 5.41) is 6.72. The van der Waals surface area contributed by atoms with E-state index in [1.54, 1.807) is 0 Å². The molecule has 0 fully saturated rings. The number of nitrogens with zero attached hydrogens (tertiary/aromatic N) is 1. The Hall–Kier alpha value is -1.39. The molecule has 12 heavy (non-hydrogen) atoms. The Morgan fingerprint density at radius 3 is 2.33 bits per heavy atom. The van der Waals surface area contributed by atoms with E-state index in [0.717, 1.165) is 18.5 Å². The highest BCUT2D eigenvalue weighted by Crippen LogP contribution is 2.26. The third-order valence-corrected chi connectivity index (χ3v) is 1.24. The maximum absolute atomic E-state index is 11.9. The monoisotopic (exact) mass is 174 g/mol. The van der Waals surface area contributed by atoms with Crippen molar-refractivity contribution in [3.63, 3.8) is 0 Å². The predicted molar refractivity (Wildman–Crippen MR) is 37.1 cm³/mol. The van der Waals surface area contributed by atoms with Crippen molar-refractivity contribution in [1.82, 2.24) is 4.98 Å². The number of aromatic nitrogens is 1. The lowest BCUT2D eigenvalue weighted by atomic mass is 10.2. The molecule has 64 valence electrons. The van der Waals surface area contributed by atoms with Crippen LogP contribution in [0, 0.1) is 5.41 Å².